The van der Waals surface area contributed by atoms with E-state index in [1.165, 1.54) is 15.8 Å². The zero-order chi connectivity index (χ0) is 14.5. The molecule has 1 unspecified atom stereocenters. The van der Waals surface area contributed by atoms with Crippen molar-refractivity contribution in [2.75, 3.05) is 6.54 Å². The minimum Gasteiger partial charge on any atom is -0.309 e. The lowest BCUT2D eigenvalue weighted by Crippen LogP contribution is -2.22. The van der Waals surface area contributed by atoms with Crippen molar-refractivity contribution in [2.45, 2.75) is 32.7 Å². The molecule has 0 aliphatic carbocycles. The van der Waals surface area contributed by atoms with Crippen LogP contribution in [0.5, 0.6) is 0 Å². The molecule has 0 saturated carbocycles. The molecule has 0 amide bonds. The molecule has 2 rings (SSSR count). The van der Waals surface area contributed by atoms with Crippen LogP contribution in [0.3, 0.4) is 0 Å². The van der Waals surface area contributed by atoms with E-state index in [1.807, 2.05) is 17.4 Å². The normalized spacial score (nSPS) is 12.6. The average Bonchev–Trinajstić information content (AvgIpc) is 2.92. The van der Waals surface area contributed by atoms with E-state index >= 15 is 0 Å². The van der Waals surface area contributed by atoms with E-state index in [9.17, 15) is 4.39 Å². The molecule has 2 aromatic rings. The summed E-state index contributed by atoms with van der Waals surface area (Å²) >= 11 is 7.87. The van der Waals surface area contributed by atoms with Crippen LogP contribution in [-0.4, -0.2) is 6.54 Å². The molecule has 20 heavy (non-hydrogen) atoms. The minimum atomic E-state index is -0.347. The zero-order valence-electron chi connectivity index (χ0n) is 11.7. The highest BCUT2D eigenvalue weighted by Gasteiger charge is 2.16. The largest absolute Gasteiger partial charge is 0.309 e. The molecule has 4 heteroatoms. The molecule has 1 N–H and O–H groups in total. The number of nitrogens with one attached hydrogen (secondary N) is 1. The van der Waals surface area contributed by atoms with Crippen LogP contribution in [0.2, 0.25) is 5.02 Å². The van der Waals surface area contributed by atoms with Gasteiger partial charge in [-0.15, -0.1) is 11.3 Å². The van der Waals surface area contributed by atoms with Crippen LogP contribution < -0.4 is 5.32 Å². The second-order valence-electron chi connectivity index (χ2n) is 4.68. The van der Waals surface area contributed by atoms with Crippen molar-refractivity contribution in [3.63, 3.8) is 0 Å². The van der Waals surface area contributed by atoms with E-state index in [0.29, 0.717) is 6.42 Å². The molecule has 108 valence electrons. The van der Waals surface area contributed by atoms with E-state index in [-0.39, 0.29) is 16.9 Å². The van der Waals surface area contributed by atoms with Crippen molar-refractivity contribution in [3.05, 3.63) is 56.5 Å². The molecular formula is C16H19ClFNS. The number of aryl methyl sites for hydroxylation is 1. The maximum Gasteiger partial charge on any atom is 0.142 e. The summed E-state index contributed by atoms with van der Waals surface area (Å²) in [7, 11) is 0. The predicted octanol–water partition coefficient (Wildman–Crippen LogP) is 5.00. The molecule has 0 aliphatic rings. The Kier molecular flexibility index (Phi) is 5.58. The molecule has 0 fully saturated rings. The van der Waals surface area contributed by atoms with E-state index < -0.39 is 0 Å². The zero-order valence-corrected chi connectivity index (χ0v) is 13.3. The van der Waals surface area contributed by atoms with Gasteiger partial charge in [0.15, 0.2) is 0 Å². The summed E-state index contributed by atoms with van der Waals surface area (Å²) in [5.74, 6) is -0.347. The fourth-order valence-electron chi connectivity index (χ4n) is 2.22. The average molecular weight is 312 g/mol. The maximum atomic E-state index is 13.5. The first kappa shape index (κ1) is 15.5. The van der Waals surface area contributed by atoms with Crippen molar-refractivity contribution in [2.24, 2.45) is 0 Å². The van der Waals surface area contributed by atoms with E-state index in [2.05, 4.69) is 31.3 Å². The van der Waals surface area contributed by atoms with Gasteiger partial charge >= 0.3 is 0 Å². The highest BCUT2D eigenvalue weighted by atomic mass is 35.5. The molecule has 0 radical (unpaired) electrons. The molecule has 1 heterocycles. The van der Waals surface area contributed by atoms with Gasteiger partial charge < -0.3 is 5.32 Å². The number of benzene rings is 1. The fourth-order valence-corrected chi connectivity index (χ4v) is 3.45. The molecule has 1 atom stereocenters. The lowest BCUT2D eigenvalue weighted by molar-refractivity contribution is 0.555. The smallest absolute Gasteiger partial charge is 0.142 e. The monoisotopic (exact) mass is 311 g/mol. The van der Waals surface area contributed by atoms with Gasteiger partial charge in [0.2, 0.25) is 0 Å². The first-order valence-corrected chi connectivity index (χ1v) is 8.10. The Morgan fingerprint density at radius 2 is 2.05 bits per heavy atom. The molecule has 0 aliphatic heterocycles. The van der Waals surface area contributed by atoms with Gasteiger partial charge in [0.1, 0.15) is 5.82 Å². The van der Waals surface area contributed by atoms with Crippen LogP contribution in [-0.2, 0) is 12.8 Å². The van der Waals surface area contributed by atoms with Crippen LogP contribution in [0.15, 0.2) is 30.3 Å². The van der Waals surface area contributed by atoms with Crippen LogP contribution in [0.1, 0.15) is 35.2 Å². The first-order valence-electron chi connectivity index (χ1n) is 6.90. The van der Waals surface area contributed by atoms with Crippen LogP contribution in [0, 0.1) is 5.82 Å². The van der Waals surface area contributed by atoms with Crippen molar-refractivity contribution in [1.82, 2.24) is 5.32 Å². The number of hydrogen-bond donors (Lipinski definition) is 1. The van der Waals surface area contributed by atoms with Gasteiger partial charge in [-0.3, -0.25) is 0 Å². The van der Waals surface area contributed by atoms with Crippen LogP contribution in [0.4, 0.5) is 4.39 Å². The SMILES string of the molecule is CCNC(Cc1cccc(F)c1Cl)c1ccc(CC)s1. The Balaban J connectivity index is 2.23. The van der Waals surface area contributed by atoms with Gasteiger partial charge in [-0.05, 0) is 43.1 Å². The van der Waals surface area contributed by atoms with Gasteiger partial charge in [0.05, 0.1) is 5.02 Å². The third-order valence-electron chi connectivity index (χ3n) is 3.28. The first-order chi connectivity index (χ1) is 9.65. The van der Waals surface area contributed by atoms with Crippen LogP contribution >= 0.6 is 22.9 Å². The summed E-state index contributed by atoms with van der Waals surface area (Å²) < 4.78 is 13.5. The topological polar surface area (TPSA) is 12.0 Å². The summed E-state index contributed by atoms with van der Waals surface area (Å²) in [6.45, 7) is 5.10. The Morgan fingerprint density at radius 1 is 1.25 bits per heavy atom. The van der Waals surface area contributed by atoms with Crippen molar-refractivity contribution < 1.29 is 4.39 Å². The Bertz CT molecular complexity index is 567. The highest BCUT2D eigenvalue weighted by molar-refractivity contribution is 7.12. The van der Waals surface area contributed by atoms with Crippen molar-refractivity contribution in [3.8, 4) is 0 Å². The van der Waals surface area contributed by atoms with Gasteiger partial charge in [-0.2, -0.15) is 0 Å². The van der Waals surface area contributed by atoms with Gasteiger partial charge in [-0.1, -0.05) is 37.6 Å². The van der Waals surface area contributed by atoms with Crippen molar-refractivity contribution in [1.29, 1.82) is 0 Å². The van der Waals surface area contributed by atoms with Gasteiger partial charge in [0.25, 0.3) is 0 Å². The summed E-state index contributed by atoms with van der Waals surface area (Å²) in [5, 5.41) is 3.70. The number of thiophene rings is 1. The van der Waals surface area contributed by atoms with E-state index in [1.54, 1.807) is 6.07 Å². The molecule has 0 saturated heterocycles. The minimum absolute atomic E-state index is 0.185. The van der Waals surface area contributed by atoms with E-state index in [0.717, 1.165) is 18.5 Å². The summed E-state index contributed by atoms with van der Waals surface area (Å²) in [6.07, 6.45) is 1.75. The maximum absolute atomic E-state index is 13.5. The second-order valence-corrected chi connectivity index (χ2v) is 6.26. The van der Waals surface area contributed by atoms with Gasteiger partial charge in [0, 0.05) is 15.8 Å². The predicted molar refractivity (Wildman–Crippen MR) is 85.2 cm³/mol. The number of halogens is 2. The summed E-state index contributed by atoms with van der Waals surface area (Å²) in [5.41, 5.74) is 0.851. The standard InChI is InChI=1S/C16H19ClFNS/c1-3-12-8-9-15(20-12)14(19-4-2)10-11-6-5-7-13(18)16(11)17/h5-9,14,19H,3-4,10H2,1-2H3. The lowest BCUT2D eigenvalue weighted by atomic mass is 10.0. The highest BCUT2D eigenvalue weighted by Crippen LogP contribution is 2.29. The third-order valence-corrected chi connectivity index (χ3v) is 5.05. The molecule has 1 nitrogen and oxygen atoms in total. The van der Waals surface area contributed by atoms with E-state index in [4.69, 9.17) is 11.6 Å². The molecule has 0 spiro atoms. The quantitative estimate of drug-likeness (QED) is 0.792. The van der Waals surface area contributed by atoms with Crippen LogP contribution in [0.25, 0.3) is 0 Å². The third kappa shape index (κ3) is 3.60. The number of hydrogen-bond acceptors (Lipinski definition) is 2. The molecular weight excluding hydrogens is 293 g/mol. The Labute approximate surface area is 128 Å². The Hall–Kier alpha value is -0.900. The molecule has 1 aromatic heterocycles. The lowest BCUT2D eigenvalue weighted by Gasteiger charge is -2.17. The summed E-state index contributed by atoms with van der Waals surface area (Å²) in [4.78, 5) is 2.65. The number of rotatable bonds is 6. The second kappa shape index (κ2) is 7.21. The van der Waals surface area contributed by atoms with Crippen molar-refractivity contribution >= 4 is 22.9 Å². The van der Waals surface area contributed by atoms with Gasteiger partial charge in [-0.25, -0.2) is 4.39 Å². The molecule has 1 aromatic carbocycles. The Morgan fingerprint density at radius 3 is 2.70 bits per heavy atom. The fraction of sp³-hybridized carbons (Fsp3) is 0.375. The summed E-state index contributed by atoms with van der Waals surface area (Å²) in [6, 6.07) is 9.51. The molecule has 0 bridgehead atoms. The number of likely N-dealkylation sites (N-methyl/N-ethyl adjacent to an activating group) is 1.